The highest BCUT2D eigenvalue weighted by Crippen LogP contribution is 2.23. The molecule has 1 N–H and O–H groups in total. The van der Waals surface area contributed by atoms with Gasteiger partial charge in [-0.2, -0.15) is 5.10 Å². The number of fused-ring (bicyclic) bond motifs is 1. The highest BCUT2D eigenvalue weighted by atomic mass is 16.2. The molecule has 0 saturated carbocycles. The van der Waals surface area contributed by atoms with Gasteiger partial charge in [-0.15, -0.1) is 0 Å². The van der Waals surface area contributed by atoms with Crippen molar-refractivity contribution >= 4 is 28.5 Å². The van der Waals surface area contributed by atoms with Gasteiger partial charge in [0.1, 0.15) is 0 Å². The van der Waals surface area contributed by atoms with E-state index in [1.807, 2.05) is 47.1 Å². The average Bonchev–Trinajstić information content (AvgIpc) is 3.37. The summed E-state index contributed by atoms with van der Waals surface area (Å²) in [4.78, 5) is 31.4. The standard InChI is InChI=1S/C23H30N6O2/c1-3-27-16-24-20-15-19(4-5-21(20)27)26-22(30)14-18-7-11-28(12-8-18)23(31)9-13-29-17(2)6-10-25-29/h4-6,10,15-16,18H,3,7-9,11-14H2,1-2H3,(H,26,30). The molecule has 1 aliphatic heterocycles. The van der Waals surface area contributed by atoms with Gasteiger partial charge < -0.3 is 14.8 Å². The summed E-state index contributed by atoms with van der Waals surface area (Å²) in [6.07, 6.45) is 6.24. The number of aromatic nitrogens is 4. The molecule has 0 atom stereocenters. The molecule has 4 rings (SSSR count). The van der Waals surface area contributed by atoms with E-state index in [1.165, 1.54) is 0 Å². The Bertz CT molecular complexity index is 1060. The molecule has 1 aromatic carbocycles. The minimum atomic E-state index is 0.0215. The molecule has 1 aliphatic rings. The van der Waals surface area contributed by atoms with Crippen LogP contribution in [0, 0.1) is 12.8 Å². The highest BCUT2D eigenvalue weighted by Gasteiger charge is 2.24. The van der Waals surface area contributed by atoms with Gasteiger partial charge in [0.15, 0.2) is 0 Å². The van der Waals surface area contributed by atoms with Crippen LogP contribution in [-0.4, -0.2) is 49.1 Å². The van der Waals surface area contributed by atoms with Crippen molar-refractivity contribution in [2.24, 2.45) is 5.92 Å². The van der Waals surface area contributed by atoms with Crippen molar-refractivity contribution in [3.63, 3.8) is 0 Å². The van der Waals surface area contributed by atoms with Gasteiger partial charge >= 0.3 is 0 Å². The van der Waals surface area contributed by atoms with Gasteiger partial charge in [-0.1, -0.05) is 0 Å². The first kappa shape index (κ1) is 21.1. The molecule has 8 heteroatoms. The zero-order chi connectivity index (χ0) is 21.8. The summed E-state index contributed by atoms with van der Waals surface area (Å²) in [5.41, 5.74) is 3.80. The van der Waals surface area contributed by atoms with Gasteiger partial charge in [-0.3, -0.25) is 14.3 Å². The maximum absolute atomic E-state index is 12.5. The molecule has 8 nitrogen and oxygen atoms in total. The lowest BCUT2D eigenvalue weighted by molar-refractivity contribution is -0.133. The van der Waals surface area contributed by atoms with Gasteiger partial charge in [-0.25, -0.2) is 4.98 Å². The third kappa shape index (κ3) is 4.95. The second-order valence-corrected chi connectivity index (χ2v) is 8.26. The van der Waals surface area contributed by atoms with E-state index in [1.54, 1.807) is 6.20 Å². The summed E-state index contributed by atoms with van der Waals surface area (Å²) < 4.78 is 3.94. The number of likely N-dealkylation sites (tertiary alicyclic amines) is 1. The molecule has 1 fully saturated rings. The fraction of sp³-hybridized carbons (Fsp3) is 0.478. The number of hydrogen-bond donors (Lipinski definition) is 1. The molecule has 3 heterocycles. The molecule has 1 saturated heterocycles. The lowest BCUT2D eigenvalue weighted by Crippen LogP contribution is -2.39. The van der Waals surface area contributed by atoms with Crippen LogP contribution in [-0.2, 0) is 22.7 Å². The molecule has 3 aromatic rings. The molecular weight excluding hydrogens is 392 g/mol. The van der Waals surface area contributed by atoms with E-state index in [0.29, 0.717) is 25.3 Å². The number of carbonyl (C=O) groups is 2. The summed E-state index contributed by atoms with van der Waals surface area (Å²) in [5.74, 6) is 0.492. The number of amides is 2. The number of imidazole rings is 1. The molecule has 0 aliphatic carbocycles. The molecule has 0 spiro atoms. The first-order valence-corrected chi connectivity index (χ1v) is 11.0. The fourth-order valence-corrected chi connectivity index (χ4v) is 4.25. The Morgan fingerprint density at radius 2 is 2.00 bits per heavy atom. The zero-order valence-corrected chi connectivity index (χ0v) is 18.3. The first-order chi connectivity index (χ1) is 15.0. The van der Waals surface area contributed by atoms with E-state index in [4.69, 9.17) is 0 Å². The predicted octanol–water partition coefficient (Wildman–Crippen LogP) is 3.22. The van der Waals surface area contributed by atoms with Gasteiger partial charge in [0.2, 0.25) is 11.8 Å². The van der Waals surface area contributed by atoms with Crippen molar-refractivity contribution < 1.29 is 9.59 Å². The van der Waals surface area contributed by atoms with Gasteiger partial charge in [-0.05, 0) is 56.9 Å². The van der Waals surface area contributed by atoms with Crippen LogP contribution in [0.4, 0.5) is 5.69 Å². The molecule has 164 valence electrons. The number of carbonyl (C=O) groups excluding carboxylic acids is 2. The topological polar surface area (TPSA) is 85.0 Å². The Labute approximate surface area is 182 Å². The third-order valence-electron chi connectivity index (χ3n) is 6.15. The Kier molecular flexibility index (Phi) is 6.34. The quantitative estimate of drug-likeness (QED) is 0.634. The van der Waals surface area contributed by atoms with E-state index in [0.717, 1.165) is 54.9 Å². The maximum atomic E-state index is 12.5. The van der Waals surface area contributed by atoms with Crippen LogP contribution in [0.2, 0.25) is 0 Å². The second kappa shape index (κ2) is 9.32. The molecule has 0 radical (unpaired) electrons. The van der Waals surface area contributed by atoms with Gasteiger partial charge in [0.05, 0.1) is 17.4 Å². The smallest absolute Gasteiger partial charge is 0.224 e. The van der Waals surface area contributed by atoms with E-state index in [-0.39, 0.29) is 11.8 Å². The van der Waals surface area contributed by atoms with Crippen molar-refractivity contribution in [3.05, 3.63) is 42.5 Å². The van der Waals surface area contributed by atoms with Gasteiger partial charge in [0, 0.05) is 56.6 Å². The number of benzene rings is 1. The number of anilines is 1. The predicted molar refractivity (Wildman–Crippen MR) is 120 cm³/mol. The van der Waals surface area contributed by atoms with Crippen LogP contribution in [0.1, 0.15) is 38.3 Å². The Balaban J connectivity index is 1.22. The largest absolute Gasteiger partial charge is 0.343 e. The molecule has 0 unspecified atom stereocenters. The number of hydrogen-bond acceptors (Lipinski definition) is 4. The summed E-state index contributed by atoms with van der Waals surface area (Å²) in [5, 5.41) is 7.24. The summed E-state index contributed by atoms with van der Waals surface area (Å²) in [6, 6.07) is 7.78. The SMILES string of the molecule is CCn1cnc2cc(NC(=O)CC3CCN(C(=O)CCn4nccc4C)CC3)ccc21. The van der Waals surface area contributed by atoms with Crippen LogP contribution in [0.5, 0.6) is 0 Å². The number of nitrogens with one attached hydrogen (secondary N) is 1. The van der Waals surface area contributed by atoms with E-state index >= 15 is 0 Å². The summed E-state index contributed by atoms with van der Waals surface area (Å²) in [6.45, 7) is 6.98. The van der Waals surface area contributed by atoms with Crippen molar-refractivity contribution in [1.29, 1.82) is 0 Å². The molecule has 2 aromatic heterocycles. The maximum Gasteiger partial charge on any atom is 0.224 e. The zero-order valence-electron chi connectivity index (χ0n) is 18.3. The monoisotopic (exact) mass is 422 g/mol. The molecule has 2 amide bonds. The van der Waals surface area contributed by atoms with E-state index < -0.39 is 0 Å². The number of nitrogens with zero attached hydrogens (tertiary/aromatic N) is 5. The molecule has 31 heavy (non-hydrogen) atoms. The van der Waals surface area contributed by atoms with Gasteiger partial charge in [0.25, 0.3) is 0 Å². The average molecular weight is 423 g/mol. The highest BCUT2D eigenvalue weighted by molar-refractivity contribution is 5.93. The van der Waals surface area contributed by atoms with E-state index in [9.17, 15) is 9.59 Å². The summed E-state index contributed by atoms with van der Waals surface area (Å²) in [7, 11) is 0. The van der Waals surface area contributed by atoms with Crippen LogP contribution >= 0.6 is 0 Å². The minimum absolute atomic E-state index is 0.0215. The number of piperidine rings is 1. The van der Waals surface area contributed by atoms with Crippen LogP contribution in [0.25, 0.3) is 11.0 Å². The Hall–Kier alpha value is -3.16. The number of aryl methyl sites for hydroxylation is 3. The first-order valence-electron chi connectivity index (χ1n) is 11.0. The molecule has 0 bridgehead atoms. The lowest BCUT2D eigenvalue weighted by atomic mass is 9.93. The normalized spacial score (nSPS) is 14.8. The van der Waals surface area contributed by atoms with Crippen LogP contribution in [0.3, 0.4) is 0 Å². The number of rotatable bonds is 7. The third-order valence-corrected chi connectivity index (χ3v) is 6.15. The van der Waals surface area contributed by atoms with Crippen LogP contribution < -0.4 is 5.32 Å². The minimum Gasteiger partial charge on any atom is -0.343 e. The Morgan fingerprint density at radius 1 is 1.19 bits per heavy atom. The molecular formula is C23H30N6O2. The Morgan fingerprint density at radius 3 is 2.71 bits per heavy atom. The van der Waals surface area contributed by atoms with Crippen molar-refractivity contribution in [1.82, 2.24) is 24.2 Å². The van der Waals surface area contributed by atoms with Crippen molar-refractivity contribution in [2.45, 2.75) is 52.6 Å². The summed E-state index contributed by atoms with van der Waals surface area (Å²) >= 11 is 0. The second-order valence-electron chi connectivity index (χ2n) is 8.26. The lowest BCUT2D eigenvalue weighted by Gasteiger charge is -2.32. The van der Waals surface area contributed by atoms with Crippen molar-refractivity contribution in [3.8, 4) is 0 Å². The van der Waals surface area contributed by atoms with Crippen LogP contribution in [0.15, 0.2) is 36.8 Å². The van der Waals surface area contributed by atoms with Crippen molar-refractivity contribution in [2.75, 3.05) is 18.4 Å². The fourth-order valence-electron chi connectivity index (χ4n) is 4.25. The van der Waals surface area contributed by atoms with E-state index in [2.05, 4.69) is 26.9 Å².